The van der Waals surface area contributed by atoms with E-state index in [1.807, 2.05) is 31.0 Å². The Labute approximate surface area is 172 Å². The van der Waals surface area contributed by atoms with Gasteiger partial charge in [0.1, 0.15) is 0 Å². The molecule has 28 heavy (non-hydrogen) atoms. The quantitative estimate of drug-likeness (QED) is 0.677. The molecule has 2 amide bonds. The van der Waals surface area contributed by atoms with Crippen LogP contribution in [0.1, 0.15) is 24.5 Å². The van der Waals surface area contributed by atoms with Crippen molar-refractivity contribution in [2.45, 2.75) is 26.8 Å². The Morgan fingerprint density at radius 2 is 1.75 bits per heavy atom. The molecule has 0 saturated heterocycles. The number of hydrogen-bond donors (Lipinski definition) is 2. The number of rotatable bonds is 9. The maximum absolute atomic E-state index is 12.8. The number of likely N-dealkylation sites (N-methyl/N-ethyl adjacent to an activating group) is 1. The van der Waals surface area contributed by atoms with Crippen LogP contribution in [0.3, 0.4) is 0 Å². The van der Waals surface area contributed by atoms with Crippen LogP contribution in [0, 0.1) is 6.92 Å². The lowest BCUT2D eigenvalue weighted by atomic mass is 10.1. The number of benzene rings is 2. The van der Waals surface area contributed by atoms with Gasteiger partial charge in [-0.1, -0.05) is 60.5 Å². The van der Waals surface area contributed by atoms with Crippen LogP contribution >= 0.6 is 11.6 Å². The fraction of sp³-hybridized carbons (Fsp3) is 0.364. The molecule has 0 saturated carbocycles. The van der Waals surface area contributed by atoms with E-state index < -0.39 is 0 Å². The second kappa shape index (κ2) is 10.8. The number of nitrogens with zero attached hydrogens (tertiary/aromatic N) is 1. The maximum Gasteiger partial charge on any atom is 0.279 e. The van der Waals surface area contributed by atoms with Crippen molar-refractivity contribution in [2.75, 3.05) is 32.0 Å². The van der Waals surface area contributed by atoms with Gasteiger partial charge < -0.3 is 15.1 Å². The number of amides is 2. The Kier molecular flexibility index (Phi) is 8.48. The van der Waals surface area contributed by atoms with Gasteiger partial charge in [-0.05, 0) is 31.0 Å². The summed E-state index contributed by atoms with van der Waals surface area (Å²) >= 11 is 6.07. The minimum atomic E-state index is -0.168. The van der Waals surface area contributed by atoms with Gasteiger partial charge in [0.2, 0.25) is 0 Å². The number of quaternary nitrogens is 1. The lowest BCUT2D eigenvalue weighted by Gasteiger charge is -2.24. The minimum Gasteiger partial charge on any atom is -0.333 e. The second-order valence-corrected chi connectivity index (χ2v) is 7.55. The van der Waals surface area contributed by atoms with E-state index in [2.05, 4.69) is 36.5 Å². The number of carbonyl (C=O) groups is 2. The third kappa shape index (κ3) is 6.98. The van der Waals surface area contributed by atoms with E-state index in [-0.39, 0.29) is 24.9 Å². The zero-order valence-electron chi connectivity index (χ0n) is 16.8. The highest BCUT2D eigenvalue weighted by Crippen LogP contribution is 2.19. The number of aryl methyl sites for hydroxylation is 1. The molecule has 2 aromatic rings. The number of halogens is 1. The standard InChI is InChI=1S/C22H28ClN3O2/c1-4-13-26(14-18-11-9-17(2)10-12-18)22(28)16-25(3)15-21(27)24-20-8-6-5-7-19(20)23/h5-12H,4,13-16H2,1-3H3,(H,24,27)/p+1. The molecular formula is C22H29ClN3O2+. The first kappa shape index (κ1) is 21.9. The molecule has 0 spiro atoms. The maximum atomic E-state index is 12.8. The van der Waals surface area contributed by atoms with Crippen LogP contribution in [0.4, 0.5) is 5.69 Å². The molecule has 0 heterocycles. The number of para-hydroxylation sites is 1. The number of carbonyl (C=O) groups excluding carboxylic acids is 2. The molecule has 0 bridgehead atoms. The molecule has 2 aromatic carbocycles. The van der Waals surface area contributed by atoms with Crippen molar-refractivity contribution >= 4 is 29.1 Å². The number of nitrogens with one attached hydrogen (secondary N) is 2. The summed E-state index contributed by atoms with van der Waals surface area (Å²) in [5.74, 6) is -0.121. The largest absolute Gasteiger partial charge is 0.333 e. The zero-order valence-corrected chi connectivity index (χ0v) is 17.6. The molecule has 0 aliphatic carbocycles. The highest BCUT2D eigenvalue weighted by molar-refractivity contribution is 6.33. The van der Waals surface area contributed by atoms with Crippen LogP contribution in [0.5, 0.6) is 0 Å². The van der Waals surface area contributed by atoms with E-state index in [0.29, 0.717) is 23.8 Å². The monoisotopic (exact) mass is 402 g/mol. The molecule has 2 N–H and O–H groups in total. The fourth-order valence-corrected chi connectivity index (χ4v) is 3.12. The first-order valence-corrected chi connectivity index (χ1v) is 9.95. The van der Waals surface area contributed by atoms with E-state index >= 15 is 0 Å². The summed E-state index contributed by atoms with van der Waals surface area (Å²) in [5.41, 5.74) is 2.90. The van der Waals surface area contributed by atoms with Gasteiger partial charge in [0.25, 0.3) is 11.8 Å². The molecule has 0 aliphatic heterocycles. The summed E-state index contributed by atoms with van der Waals surface area (Å²) in [4.78, 5) is 27.7. The normalized spacial score (nSPS) is 11.7. The molecular weight excluding hydrogens is 374 g/mol. The lowest BCUT2D eigenvalue weighted by Crippen LogP contribution is -3.11. The van der Waals surface area contributed by atoms with E-state index in [1.54, 1.807) is 12.1 Å². The lowest BCUT2D eigenvalue weighted by molar-refractivity contribution is -0.862. The van der Waals surface area contributed by atoms with E-state index in [4.69, 9.17) is 11.6 Å². The van der Waals surface area contributed by atoms with Crippen LogP contribution in [0.25, 0.3) is 0 Å². The molecule has 0 fully saturated rings. The molecule has 2 rings (SSSR count). The molecule has 6 heteroatoms. The summed E-state index contributed by atoms with van der Waals surface area (Å²) < 4.78 is 0. The van der Waals surface area contributed by atoms with Gasteiger partial charge in [0, 0.05) is 13.1 Å². The van der Waals surface area contributed by atoms with E-state index in [1.165, 1.54) is 5.56 Å². The van der Waals surface area contributed by atoms with Crippen molar-refractivity contribution in [1.82, 2.24) is 4.90 Å². The Balaban J connectivity index is 1.89. The molecule has 1 unspecified atom stereocenters. The van der Waals surface area contributed by atoms with Gasteiger partial charge in [0.15, 0.2) is 13.1 Å². The molecule has 0 aliphatic rings. The second-order valence-electron chi connectivity index (χ2n) is 7.14. The Morgan fingerprint density at radius 3 is 2.39 bits per heavy atom. The predicted molar refractivity (Wildman–Crippen MR) is 114 cm³/mol. The third-order valence-corrected chi connectivity index (χ3v) is 4.73. The van der Waals surface area contributed by atoms with Gasteiger partial charge in [-0.25, -0.2) is 0 Å². The minimum absolute atomic E-state index is 0.0467. The highest BCUT2D eigenvalue weighted by atomic mass is 35.5. The Hall–Kier alpha value is -2.37. The average molecular weight is 403 g/mol. The van der Waals surface area contributed by atoms with Crippen LogP contribution in [-0.4, -0.2) is 43.4 Å². The van der Waals surface area contributed by atoms with Crippen molar-refractivity contribution in [2.24, 2.45) is 0 Å². The van der Waals surface area contributed by atoms with Gasteiger partial charge in [-0.3, -0.25) is 9.59 Å². The SMILES string of the molecule is CCCN(Cc1ccc(C)cc1)C(=O)C[NH+](C)CC(=O)Nc1ccccc1Cl. The summed E-state index contributed by atoms with van der Waals surface area (Å²) in [7, 11) is 1.85. The van der Waals surface area contributed by atoms with Crippen molar-refractivity contribution in [3.63, 3.8) is 0 Å². The number of anilines is 1. The zero-order chi connectivity index (χ0) is 20.5. The fourth-order valence-electron chi connectivity index (χ4n) is 2.94. The summed E-state index contributed by atoms with van der Waals surface area (Å²) in [6.07, 6.45) is 0.893. The Bertz CT molecular complexity index is 793. The summed E-state index contributed by atoms with van der Waals surface area (Å²) in [5, 5.41) is 3.29. The van der Waals surface area contributed by atoms with Crippen molar-refractivity contribution < 1.29 is 14.5 Å². The average Bonchev–Trinajstić information content (AvgIpc) is 2.64. The topological polar surface area (TPSA) is 53.9 Å². The first-order chi connectivity index (χ1) is 13.4. The first-order valence-electron chi connectivity index (χ1n) is 9.58. The van der Waals surface area contributed by atoms with E-state index in [0.717, 1.165) is 16.9 Å². The van der Waals surface area contributed by atoms with Crippen LogP contribution in [0.2, 0.25) is 5.02 Å². The van der Waals surface area contributed by atoms with Crippen LogP contribution < -0.4 is 10.2 Å². The van der Waals surface area contributed by atoms with Crippen LogP contribution in [-0.2, 0) is 16.1 Å². The summed E-state index contributed by atoms with van der Waals surface area (Å²) in [6.45, 7) is 5.86. The van der Waals surface area contributed by atoms with Gasteiger partial charge >= 0.3 is 0 Å². The molecule has 0 radical (unpaired) electrons. The summed E-state index contributed by atoms with van der Waals surface area (Å²) in [6, 6.07) is 15.3. The molecule has 5 nitrogen and oxygen atoms in total. The number of hydrogen-bond acceptors (Lipinski definition) is 2. The Morgan fingerprint density at radius 1 is 1.07 bits per heavy atom. The molecule has 0 aromatic heterocycles. The van der Waals surface area contributed by atoms with Crippen molar-refractivity contribution in [3.8, 4) is 0 Å². The molecule has 1 atom stereocenters. The van der Waals surface area contributed by atoms with Crippen molar-refractivity contribution in [1.29, 1.82) is 0 Å². The van der Waals surface area contributed by atoms with E-state index in [9.17, 15) is 9.59 Å². The predicted octanol–water partition coefficient (Wildman–Crippen LogP) is 2.54. The van der Waals surface area contributed by atoms with Crippen LogP contribution in [0.15, 0.2) is 48.5 Å². The third-order valence-electron chi connectivity index (χ3n) is 4.40. The highest BCUT2D eigenvalue weighted by Gasteiger charge is 2.20. The molecule has 150 valence electrons. The van der Waals surface area contributed by atoms with Gasteiger partial charge in [-0.2, -0.15) is 0 Å². The van der Waals surface area contributed by atoms with Gasteiger partial charge in [-0.15, -0.1) is 0 Å². The smallest absolute Gasteiger partial charge is 0.279 e. The van der Waals surface area contributed by atoms with Crippen molar-refractivity contribution in [3.05, 3.63) is 64.7 Å². The van der Waals surface area contributed by atoms with Gasteiger partial charge in [0.05, 0.1) is 17.8 Å².